The van der Waals surface area contributed by atoms with Gasteiger partial charge in [-0.15, -0.1) is 4.36 Å². The first-order valence-electron chi connectivity index (χ1n) is 9.75. The van der Waals surface area contributed by atoms with Crippen LogP contribution in [0.15, 0.2) is 33.5 Å². The van der Waals surface area contributed by atoms with Gasteiger partial charge in [0.15, 0.2) is 0 Å². The molecule has 0 aromatic heterocycles. The summed E-state index contributed by atoms with van der Waals surface area (Å²) in [6.45, 7) is 14.9. The quantitative estimate of drug-likeness (QED) is 0.738. The smallest absolute Gasteiger partial charge is 0.408 e. The number of benzene rings is 1. The number of hydrogen-bond donors (Lipinski definition) is 2. The van der Waals surface area contributed by atoms with Crippen LogP contribution in [0, 0.1) is 5.92 Å². The highest BCUT2D eigenvalue weighted by atomic mass is 32.2. The van der Waals surface area contributed by atoms with E-state index in [9.17, 15) is 13.8 Å². The zero-order valence-corrected chi connectivity index (χ0v) is 19.6. The molecule has 8 heteroatoms. The second-order valence-electron chi connectivity index (χ2n) is 9.29. The molecule has 2 amide bonds. The summed E-state index contributed by atoms with van der Waals surface area (Å²) in [5, 5.41) is 8.51. The molecule has 0 saturated carbocycles. The summed E-state index contributed by atoms with van der Waals surface area (Å²) >= 11 is 0. The van der Waals surface area contributed by atoms with Crippen molar-refractivity contribution in [1.29, 1.82) is 0 Å². The van der Waals surface area contributed by atoms with Crippen LogP contribution in [0.25, 0.3) is 0 Å². The molecule has 0 fully saturated rings. The largest absolute Gasteiger partial charge is 0.444 e. The highest BCUT2D eigenvalue weighted by molar-refractivity contribution is 7.91. The van der Waals surface area contributed by atoms with E-state index in [0.29, 0.717) is 6.42 Å². The Morgan fingerprint density at radius 1 is 1.21 bits per heavy atom. The zero-order chi connectivity index (χ0) is 22.6. The van der Waals surface area contributed by atoms with Crippen molar-refractivity contribution in [1.82, 2.24) is 5.32 Å². The molecule has 1 aromatic carbocycles. The highest BCUT2D eigenvalue weighted by Gasteiger charge is 2.29. The van der Waals surface area contributed by atoms with E-state index in [-0.39, 0.29) is 16.2 Å². The molecule has 0 bridgehead atoms. The lowest BCUT2D eigenvalue weighted by Gasteiger charge is -2.25. The summed E-state index contributed by atoms with van der Waals surface area (Å²) in [6, 6.07) is 5.97. The standard InChI is InChI=1S/C21H35N3O4S/c1-9-14(2)17(23-19(26)28-21(6,7)8)18(25)24-29(22,27)16-12-10-11-15(13-16)20(3,4)5/h10-14,17H,9H2,1-8H3,(H,23,26)(H2,22,24,25,27)/t14-,17-,29?/m0/s1. The first kappa shape index (κ1) is 25.1. The van der Waals surface area contributed by atoms with Crippen molar-refractivity contribution in [2.75, 3.05) is 0 Å². The van der Waals surface area contributed by atoms with Gasteiger partial charge in [-0.1, -0.05) is 53.2 Å². The third-order valence-electron chi connectivity index (χ3n) is 4.41. The maximum Gasteiger partial charge on any atom is 0.408 e. The topological polar surface area (TPSA) is 111 Å². The maximum absolute atomic E-state index is 13.1. The minimum atomic E-state index is -3.47. The summed E-state index contributed by atoms with van der Waals surface area (Å²) < 4.78 is 22.1. The molecule has 0 aliphatic rings. The number of nitrogens with zero attached hydrogens (tertiary/aromatic N) is 1. The van der Waals surface area contributed by atoms with Crippen molar-refractivity contribution < 1.29 is 18.5 Å². The lowest BCUT2D eigenvalue weighted by molar-refractivity contribution is -0.120. The van der Waals surface area contributed by atoms with Gasteiger partial charge in [-0.05, 0) is 49.8 Å². The number of hydrogen-bond acceptors (Lipinski definition) is 4. The Hall–Kier alpha value is -1.93. The monoisotopic (exact) mass is 425 g/mol. The van der Waals surface area contributed by atoms with E-state index in [0.717, 1.165) is 5.56 Å². The minimum absolute atomic E-state index is 0.174. The zero-order valence-electron chi connectivity index (χ0n) is 18.7. The van der Waals surface area contributed by atoms with Gasteiger partial charge in [-0.2, -0.15) is 0 Å². The Morgan fingerprint density at radius 2 is 1.79 bits per heavy atom. The van der Waals surface area contributed by atoms with E-state index < -0.39 is 33.6 Å². The summed E-state index contributed by atoms with van der Waals surface area (Å²) in [5.41, 5.74) is 0.0489. The summed E-state index contributed by atoms with van der Waals surface area (Å²) in [5.74, 6) is -0.978. The van der Waals surface area contributed by atoms with Gasteiger partial charge in [0.1, 0.15) is 21.6 Å². The van der Waals surface area contributed by atoms with Gasteiger partial charge in [0.25, 0.3) is 5.91 Å². The van der Waals surface area contributed by atoms with Crippen LogP contribution in [0.3, 0.4) is 0 Å². The van der Waals surface area contributed by atoms with Crippen molar-refractivity contribution in [2.45, 2.75) is 83.8 Å². The number of carbonyl (C=O) groups excluding carboxylic acids is 2. The number of rotatable bonds is 5. The van der Waals surface area contributed by atoms with Crippen LogP contribution in [0.5, 0.6) is 0 Å². The molecule has 0 heterocycles. The Balaban J connectivity index is 3.24. The molecular formula is C21H35N3O4S. The molecule has 1 rings (SSSR count). The third kappa shape index (κ3) is 7.78. The van der Waals surface area contributed by atoms with Gasteiger partial charge in [-0.3, -0.25) is 4.79 Å². The van der Waals surface area contributed by atoms with Crippen LogP contribution in [0.1, 0.15) is 67.4 Å². The van der Waals surface area contributed by atoms with Crippen LogP contribution in [-0.2, 0) is 24.9 Å². The summed E-state index contributed by atoms with van der Waals surface area (Å²) in [4.78, 5) is 25.3. The Morgan fingerprint density at radius 3 is 2.28 bits per heavy atom. The lowest BCUT2D eigenvalue weighted by Crippen LogP contribution is -2.46. The van der Waals surface area contributed by atoms with E-state index in [1.54, 1.807) is 45.9 Å². The SMILES string of the molecule is CC[C@H](C)[C@H](NC(=O)OC(C)(C)C)C(=O)N=S(N)(=O)c1cccc(C(C)(C)C)c1. The van der Waals surface area contributed by atoms with E-state index in [1.165, 1.54) is 0 Å². The van der Waals surface area contributed by atoms with E-state index in [1.807, 2.05) is 33.8 Å². The first-order chi connectivity index (χ1) is 13.1. The Bertz CT molecular complexity index is 859. The fourth-order valence-electron chi connectivity index (χ4n) is 2.51. The van der Waals surface area contributed by atoms with Gasteiger partial charge in [-0.25, -0.2) is 14.1 Å². The fraction of sp³-hybridized carbons (Fsp3) is 0.619. The van der Waals surface area contributed by atoms with Crippen LogP contribution in [0.2, 0.25) is 0 Å². The lowest BCUT2D eigenvalue weighted by atomic mass is 9.87. The highest BCUT2D eigenvalue weighted by Crippen LogP contribution is 2.24. The number of amides is 2. The average Bonchev–Trinajstić information content (AvgIpc) is 2.56. The molecular weight excluding hydrogens is 390 g/mol. The predicted molar refractivity (Wildman–Crippen MR) is 116 cm³/mol. The number of nitrogens with two attached hydrogens (primary N) is 1. The van der Waals surface area contributed by atoms with Gasteiger partial charge >= 0.3 is 6.09 Å². The minimum Gasteiger partial charge on any atom is -0.444 e. The molecule has 164 valence electrons. The molecule has 0 radical (unpaired) electrons. The second kappa shape index (κ2) is 9.26. The molecule has 1 unspecified atom stereocenters. The number of nitrogens with one attached hydrogen (secondary N) is 1. The molecule has 7 nitrogen and oxygen atoms in total. The third-order valence-corrected chi connectivity index (χ3v) is 5.80. The van der Waals surface area contributed by atoms with E-state index >= 15 is 0 Å². The molecule has 0 aliphatic heterocycles. The molecule has 3 atom stereocenters. The average molecular weight is 426 g/mol. The van der Waals surface area contributed by atoms with E-state index in [2.05, 4.69) is 9.68 Å². The van der Waals surface area contributed by atoms with Gasteiger partial charge < -0.3 is 10.1 Å². The molecule has 0 saturated heterocycles. The number of carbonyl (C=O) groups is 2. The first-order valence-corrected chi connectivity index (χ1v) is 11.3. The predicted octanol–water partition coefficient (Wildman–Crippen LogP) is 4.15. The van der Waals surface area contributed by atoms with Crippen LogP contribution in [-0.4, -0.2) is 27.9 Å². The molecule has 1 aromatic rings. The number of ether oxygens (including phenoxy) is 1. The van der Waals surface area contributed by atoms with Crippen molar-refractivity contribution in [2.24, 2.45) is 15.4 Å². The van der Waals surface area contributed by atoms with Gasteiger partial charge in [0.2, 0.25) is 0 Å². The van der Waals surface area contributed by atoms with Crippen molar-refractivity contribution in [3.63, 3.8) is 0 Å². The second-order valence-corrected chi connectivity index (χ2v) is 11.1. The van der Waals surface area contributed by atoms with Crippen molar-refractivity contribution in [3.05, 3.63) is 29.8 Å². The maximum atomic E-state index is 13.1. The molecule has 0 spiro atoms. The summed E-state index contributed by atoms with van der Waals surface area (Å²) in [6.07, 6.45) is -0.128. The van der Waals surface area contributed by atoms with Crippen LogP contribution < -0.4 is 10.5 Å². The fourth-order valence-corrected chi connectivity index (χ4v) is 3.56. The van der Waals surface area contributed by atoms with Crippen LogP contribution >= 0.6 is 0 Å². The van der Waals surface area contributed by atoms with E-state index in [4.69, 9.17) is 9.88 Å². The van der Waals surface area contributed by atoms with Gasteiger partial charge in [0, 0.05) is 0 Å². The molecule has 29 heavy (non-hydrogen) atoms. The number of alkyl carbamates (subject to hydrolysis) is 1. The molecule has 3 N–H and O–H groups in total. The van der Waals surface area contributed by atoms with Crippen molar-refractivity contribution in [3.8, 4) is 0 Å². The Kier molecular flexibility index (Phi) is 8.01. The van der Waals surface area contributed by atoms with Crippen LogP contribution in [0.4, 0.5) is 4.79 Å². The van der Waals surface area contributed by atoms with Gasteiger partial charge in [0.05, 0.1) is 4.90 Å². The molecule has 0 aliphatic carbocycles. The van der Waals surface area contributed by atoms with Crippen molar-refractivity contribution >= 4 is 21.9 Å². The normalized spacial score (nSPS) is 16.3. The Labute approximate surface area is 175 Å². The summed E-state index contributed by atoms with van der Waals surface area (Å²) in [7, 11) is -3.47.